The Kier molecular flexibility index (Phi) is 4.11. The normalized spacial score (nSPS) is 12.4. The van der Waals surface area contributed by atoms with Gasteiger partial charge < -0.3 is 0 Å². The SMILES string of the molecule is Cc1cc(BC(C)(C)C)cnc1BC(C)(C)C. The predicted octanol–water partition coefficient (Wildman–Crippen LogP) is 1.95. The smallest absolute Gasteiger partial charge is 0.188 e. The zero-order chi connectivity index (χ0) is 13.3. The van der Waals surface area contributed by atoms with Gasteiger partial charge in [0.2, 0.25) is 0 Å². The monoisotopic (exact) mass is 229 g/mol. The zero-order valence-electron chi connectivity index (χ0n) is 12.5. The van der Waals surface area contributed by atoms with Crippen molar-refractivity contribution in [3.63, 3.8) is 0 Å². The molecule has 1 heterocycles. The number of hydrogen-bond donors (Lipinski definition) is 0. The maximum absolute atomic E-state index is 4.65. The van der Waals surface area contributed by atoms with Gasteiger partial charge in [-0.25, -0.2) is 0 Å². The summed E-state index contributed by atoms with van der Waals surface area (Å²) in [4.78, 5) is 4.65. The van der Waals surface area contributed by atoms with Gasteiger partial charge in [-0.1, -0.05) is 63.7 Å². The Morgan fingerprint density at radius 2 is 1.47 bits per heavy atom. The van der Waals surface area contributed by atoms with Gasteiger partial charge in [-0.15, -0.1) is 0 Å². The lowest BCUT2D eigenvalue weighted by Gasteiger charge is -2.19. The molecule has 1 rings (SSSR count). The van der Waals surface area contributed by atoms with E-state index in [2.05, 4.69) is 65.7 Å². The summed E-state index contributed by atoms with van der Waals surface area (Å²) in [5.74, 6) is 0. The van der Waals surface area contributed by atoms with Crippen LogP contribution in [0.3, 0.4) is 0 Å². The van der Waals surface area contributed by atoms with Crippen LogP contribution in [0.2, 0.25) is 10.6 Å². The Balaban J connectivity index is 2.87. The summed E-state index contributed by atoms with van der Waals surface area (Å²) in [5, 5.41) is 0.642. The van der Waals surface area contributed by atoms with Crippen LogP contribution < -0.4 is 11.1 Å². The Bertz CT molecular complexity index is 386. The van der Waals surface area contributed by atoms with Gasteiger partial charge in [-0.2, -0.15) is 0 Å². The summed E-state index contributed by atoms with van der Waals surface area (Å²) in [7, 11) is 2.14. The van der Waals surface area contributed by atoms with Gasteiger partial charge in [-0.05, 0) is 12.5 Å². The fourth-order valence-electron chi connectivity index (χ4n) is 2.06. The van der Waals surface area contributed by atoms with Crippen LogP contribution in [0.1, 0.15) is 47.1 Å². The van der Waals surface area contributed by atoms with Crippen molar-refractivity contribution < 1.29 is 0 Å². The average molecular weight is 229 g/mol. The summed E-state index contributed by atoms with van der Waals surface area (Å²) in [5.41, 5.74) is 3.93. The highest BCUT2D eigenvalue weighted by Gasteiger charge is 2.18. The second kappa shape index (κ2) is 4.88. The molecule has 0 fully saturated rings. The first-order valence-corrected chi connectivity index (χ1v) is 6.51. The van der Waals surface area contributed by atoms with Crippen LogP contribution in [0.25, 0.3) is 0 Å². The second-order valence-corrected chi connectivity index (χ2v) is 7.58. The van der Waals surface area contributed by atoms with Crippen LogP contribution >= 0.6 is 0 Å². The lowest BCUT2D eigenvalue weighted by Crippen LogP contribution is -2.33. The molecule has 0 radical (unpaired) electrons. The van der Waals surface area contributed by atoms with Gasteiger partial charge in [0, 0.05) is 11.8 Å². The van der Waals surface area contributed by atoms with Crippen molar-refractivity contribution >= 4 is 25.6 Å². The molecule has 0 bridgehead atoms. The largest absolute Gasteiger partial charge is 0.272 e. The fraction of sp³-hybridized carbons (Fsp3) is 0.643. The third-order valence-corrected chi connectivity index (χ3v) is 2.68. The van der Waals surface area contributed by atoms with Crippen molar-refractivity contribution in [3.05, 3.63) is 17.8 Å². The molecule has 17 heavy (non-hydrogen) atoms. The number of aromatic nitrogens is 1. The third kappa shape index (κ3) is 5.43. The van der Waals surface area contributed by atoms with Crippen LogP contribution in [-0.4, -0.2) is 19.5 Å². The van der Waals surface area contributed by atoms with E-state index in [1.165, 1.54) is 16.6 Å². The molecule has 0 aliphatic heterocycles. The number of pyridine rings is 1. The molecule has 0 amide bonds. The minimum atomic E-state index is 0.309. The second-order valence-electron chi connectivity index (χ2n) is 7.58. The molecule has 0 N–H and O–H groups in total. The van der Waals surface area contributed by atoms with Crippen LogP contribution in [0.4, 0.5) is 0 Å². The van der Waals surface area contributed by atoms with Crippen LogP contribution in [0, 0.1) is 6.92 Å². The highest BCUT2D eigenvalue weighted by atomic mass is 14.6. The van der Waals surface area contributed by atoms with Gasteiger partial charge in [-0.3, -0.25) is 4.98 Å². The van der Waals surface area contributed by atoms with Crippen molar-refractivity contribution in [2.45, 2.75) is 59.1 Å². The maximum atomic E-state index is 4.65. The summed E-state index contributed by atoms with van der Waals surface area (Å²) in [6.07, 6.45) is 2.05. The van der Waals surface area contributed by atoms with Gasteiger partial charge in [0.15, 0.2) is 14.6 Å². The maximum Gasteiger partial charge on any atom is 0.188 e. The summed E-state index contributed by atoms with van der Waals surface area (Å²) < 4.78 is 0. The lowest BCUT2D eigenvalue weighted by atomic mass is 9.50. The van der Waals surface area contributed by atoms with E-state index in [0.29, 0.717) is 10.6 Å². The number of rotatable bonds is 2. The molecule has 0 saturated carbocycles. The summed E-state index contributed by atoms with van der Waals surface area (Å²) >= 11 is 0. The van der Waals surface area contributed by atoms with Crippen molar-refractivity contribution in [2.75, 3.05) is 0 Å². The molecule has 0 atom stereocenters. The molecule has 0 aromatic carbocycles. The highest BCUT2D eigenvalue weighted by molar-refractivity contribution is 6.58. The van der Waals surface area contributed by atoms with Gasteiger partial charge in [0.05, 0.1) is 0 Å². The van der Waals surface area contributed by atoms with E-state index >= 15 is 0 Å². The van der Waals surface area contributed by atoms with Crippen molar-refractivity contribution in [1.29, 1.82) is 0 Å². The highest BCUT2D eigenvalue weighted by Crippen LogP contribution is 2.20. The molecule has 1 nitrogen and oxygen atoms in total. The standard InChI is InChI=1S/C14H25B2N/c1-10-8-11(15-13(2,3)4)9-17-12(10)16-14(5,6)7/h8-9,15-16H,1-7H3. The molecule has 0 unspecified atom stereocenters. The van der Waals surface area contributed by atoms with E-state index in [-0.39, 0.29) is 0 Å². The predicted molar refractivity (Wildman–Crippen MR) is 82.0 cm³/mol. The molecule has 0 aliphatic rings. The number of nitrogens with zero attached hydrogens (tertiary/aromatic N) is 1. The Morgan fingerprint density at radius 3 is 1.88 bits per heavy atom. The molecular formula is C14H25B2N. The molecule has 0 spiro atoms. The molecule has 92 valence electrons. The first kappa shape index (κ1) is 14.3. The fourth-order valence-corrected chi connectivity index (χ4v) is 2.06. The summed E-state index contributed by atoms with van der Waals surface area (Å²) in [6, 6.07) is 2.30. The Morgan fingerprint density at radius 1 is 0.941 bits per heavy atom. The molecule has 3 heteroatoms. The summed E-state index contributed by atoms with van der Waals surface area (Å²) in [6.45, 7) is 15.8. The van der Waals surface area contributed by atoms with E-state index in [9.17, 15) is 0 Å². The number of hydrogen-bond acceptors (Lipinski definition) is 1. The van der Waals surface area contributed by atoms with Crippen LogP contribution in [-0.2, 0) is 0 Å². The minimum Gasteiger partial charge on any atom is -0.272 e. The quantitative estimate of drug-likeness (QED) is 0.706. The molecular weight excluding hydrogens is 204 g/mol. The molecule has 1 aromatic rings. The van der Waals surface area contributed by atoms with Gasteiger partial charge in [0.1, 0.15) is 0 Å². The van der Waals surface area contributed by atoms with Crippen molar-refractivity contribution in [2.24, 2.45) is 0 Å². The molecule has 0 aliphatic carbocycles. The van der Waals surface area contributed by atoms with E-state index in [1.54, 1.807) is 0 Å². The first-order valence-electron chi connectivity index (χ1n) is 6.51. The van der Waals surface area contributed by atoms with E-state index in [1.807, 2.05) is 0 Å². The van der Waals surface area contributed by atoms with Crippen molar-refractivity contribution in [3.8, 4) is 0 Å². The van der Waals surface area contributed by atoms with Gasteiger partial charge in [0.25, 0.3) is 0 Å². The molecule has 0 saturated heterocycles. The van der Waals surface area contributed by atoms with Gasteiger partial charge >= 0.3 is 0 Å². The van der Waals surface area contributed by atoms with Crippen LogP contribution in [0.15, 0.2) is 12.3 Å². The van der Waals surface area contributed by atoms with Crippen molar-refractivity contribution in [1.82, 2.24) is 4.98 Å². The van der Waals surface area contributed by atoms with Crippen LogP contribution in [0.5, 0.6) is 0 Å². The molecule has 1 aromatic heterocycles. The number of aryl methyl sites for hydroxylation is 1. The topological polar surface area (TPSA) is 12.9 Å². The van der Waals surface area contributed by atoms with E-state index in [4.69, 9.17) is 0 Å². The van der Waals surface area contributed by atoms with E-state index in [0.717, 1.165) is 14.6 Å². The average Bonchev–Trinajstić information content (AvgIpc) is 2.05. The Hall–Kier alpha value is -0.720. The zero-order valence-corrected chi connectivity index (χ0v) is 12.5. The Labute approximate surface area is 108 Å². The lowest BCUT2D eigenvalue weighted by molar-refractivity contribution is 0.757. The van der Waals surface area contributed by atoms with E-state index < -0.39 is 0 Å². The third-order valence-electron chi connectivity index (χ3n) is 2.68. The minimum absolute atomic E-state index is 0.309. The first-order chi connectivity index (χ1) is 7.57.